The molecule has 16 heavy (non-hydrogen) atoms. The summed E-state index contributed by atoms with van der Waals surface area (Å²) < 4.78 is 2.96. The maximum Gasteiger partial charge on any atom is 0.0693 e. The van der Waals surface area contributed by atoms with E-state index in [4.69, 9.17) is 5.73 Å². The minimum atomic E-state index is -0.0944. The van der Waals surface area contributed by atoms with Crippen molar-refractivity contribution >= 4 is 27.3 Å². The van der Waals surface area contributed by atoms with Gasteiger partial charge in [-0.25, -0.2) is 0 Å². The van der Waals surface area contributed by atoms with E-state index in [2.05, 4.69) is 28.0 Å². The van der Waals surface area contributed by atoms with Crippen LogP contribution in [0.15, 0.2) is 15.9 Å². The van der Waals surface area contributed by atoms with E-state index in [1.165, 1.54) is 0 Å². The lowest BCUT2D eigenvalue weighted by atomic mass is 10.0. The van der Waals surface area contributed by atoms with Gasteiger partial charge in [0.05, 0.1) is 11.7 Å². The summed E-state index contributed by atoms with van der Waals surface area (Å²) in [5.41, 5.74) is 9.57. The van der Waals surface area contributed by atoms with Gasteiger partial charge in [0.25, 0.3) is 0 Å². The van der Waals surface area contributed by atoms with E-state index in [0.717, 1.165) is 26.3 Å². The van der Waals surface area contributed by atoms with Gasteiger partial charge in [0.2, 0.25) is 0 Å². The van der Waals surface area contributed by atoms with E-state index in [1.807, 2.05) is 30.1 Å². The van der Waals surface area contributed by atoms with Gasteiger partial charge in [-0.3, -0.25) is 4.68 Å². The molecule has 0 aromatic carbocycles. The Morgan fingerprint density at radius 1 is 1.50 bits per heavy atom. The third-order valence-electron chi connectivity index (χ3n) is 2.80. The summed E-state index contributed by atoms with van der Waals surface area (Å²) in [6, 6.07) is 1.93. The predicted molar refractivity (Wildman–Crippen MR) is 70.7 cm³/mol. The highest BCUT2D eigenvalue weighted by Gasteiger charge is 2.20. The van der Waals surface area contributed by atoms with Gasteiger partial charge in [-0.2, -0.15) is 5.10 Å². The van der Waals surface area contributed by atoms with Crippen LogP contribution in [0.5, 0.6) is 0 Å². The summed E-state index contributed by atoms with van der Waals surface area (Å²) in [6.45, 7) is 4.06. The van der Waals surface area contributed by atoms with Crippen molar-refractivity contribution in [1.82, 2.24) is 9.78 Å². The molecule has 0 aliphatic rings. The van der Waals surface area contributed by atoms with Gasteiger partial charge < -0.3 is 5.73 Å². The van der Waals surface area contributed by atoms with Gasteiger partial charge in [-0.05, 0) is 41.2 Å². The summed E-state index contributed by atoms with van der Waals surface area (Å²) in [5.74, 6) is 0. The molecule has 0 spiro atoms. The maximum atomic E-state index is 6.30. The zero-order valence-electron chi connectivity index (χ0n) is 9.49. The standard InChI is InChI=1S/C11H14BrN3S/c1-6-9(7(2)15(3)14-6)10(13)11-8(12)4-5-16-11/h4-5,10H,13H2,1-3H3. The van der Waals surface area contributed by atoms with E-state index in [0.29, 0.717) is 0 Å². The molecule has 2 aromatic heterocycles. The van der Waals surface area contributed by atoms with Crippen LogP contribution in [0.25, 0.3) is 0 Å². The van der Waals surface area contributed by atoms with Crippen LogP contribution in [0.3, 0.4) is 0 Å². The van der Waals surface area contributed by atoms with Gasteiger partial charge in [0.15, 0.2) is 0 Å². The molecule has 0 radical (unpaired) electrons. The zero-order chi connectivity index (χ0) is 11.9. The largest absolute Gasteiger partial charge is 0.319 e. The Morgan fingerprint density at radius 3 is 2.62 bits per heavy atom. The van der Waals surface area contributed by atoms with Crippen molar-refractivity contribution in [1.29, 1.82) is 0 Å². The van der Waals surface area contributed by atoms with Crippen molar-refractivity contribution in [3.8, 4) is 0 Å². The number of nitrogens with zero attached hydrogens (tertiary/aromatic N) is 2. The predicted octanol–water partition coefficient (Wildman–Crippen LogP) is 2.91. The van der Waals surface area contributed by atoms with Gasteiger partial charge in [-0.15, -0.1) is 11.3 Å². The first-order valence-electron chi connectivity index (χ1n) is 5.01. The SMILES string of the molecule is Cc1nn(C)c(C)c1C(N)c1sccc1Br. The molecule has 0 aliphatic heterocycles. The Kier molecular flexibility index (Phi) is 3.19. The summed E-state index contributed by atoms with van der Waals surface area (Å²) in [4.78, 5) is 1.15. The molecule has 1 atom stereocenters. The van der Waals surface area contributed by atoms with Crippen LogP contribution in [-0.4, -0.2) is 9.78 Å². The van der Waals surface area contributed by atoms with E-state index in [9.17, 15) is 0 Å². The number of aryl methyl sites for hydroxylation is 2. The zero-order valence-corrected chi connectivity index (χ0v) is 11.9. The van der Waals surface area contributed by atoms with Crippen molar-refractivity contribution in [2.75, 3.05) is 0 Å². The number of hydrogen-bond acceptors (Lipinski definition) is 3. The van der Waals surface area contributed by atoms with Crippen molar-refractivity contribution < 1.29 is 0 Å². The van der Waals surface area contributed by atoms with Crippen molar-refractivity contribution in [2.45, 2.75) is 19.9 Å². The van der Waals surface area contributed by atoms with E-state index >= 15 is 0 Å². The molecule has 2 N–H and O–H groups in total. The lowest BCUT2D eigenvalue weighted by Crippen LogP contribution is -2.13. The van der Waals surface area contributed by atoms with E-state index in [1.54, 1.807) is 11.3 Å². The van der Waals surface area contributed by atoms with Crippen LogP contribution < -0.4 is 5.73 Å². The fraction of sp³-hybridized carbons (Fsp3) is 0.364. The fourth-order valence-electron chi connectivity index (χ4n) is 1.90. The summed E-state index contributed by atoms with van der Waals surface area (Å²) in [7, 11) is 1.95. The van der Waals surface area contributed by atoms with E-state index < -0.39 is 0 Å². The Balaban J connectivity index is 2.49. The first-order valence-corrected chi connectivity index (χ1v) is 6.68. The molecule has 0 fully saturated rings. The smallest absolute Gasteiger partial charge is 0.0693 e. The van der Waals surface area contributed by atoms with Gasteiger partial charge >= 0.3 is 0 Å². The molecular weight excluding hydrogens is 286 g/mol. The Hall–Kier alpha value is -0.650. The van der Waals surface area contributed by atoms with Gasteiger partial charge in [-0.1, -0.05) is 0 Å². The highest BCUT2D eigenvalue weighted by Crippen LogP contribution is 2.33. The van der Waals surface area contributed by atoms with Crippen molar-refractivity contribution in [3.05, 3.63) is 37.7 Å². The van der Waals surface area contributed by atoms with Gasteiger partial charge in [0.1, 0.15) is 0 Å². The number of rotatable bonds is 2. The molecular formula is C11H14BrN3S. The highest BCUT2D eigenvalue weighted by atomic mass is 79.9. The Bertz CT molecular complexity index is 515. The second kappa shape index (κ2) is 4.31. The van der Waals surface area contributed by atoms with Crippen LogP contribution in [0.4, 0.5) is 0 Å². The number of thiophene rings is 1. The summed E-state index contributed by atoms with van der Waals surface area (Å²) in [5, 5.41) is 6.44. The fourth-order valence-corrected chi connectivity index (χ4v) is 3.53. The van der Waals surface area contributed by atoms with Crippen molar-refractivity contribution in [3.63, 3.8) is 0 Å². The molecule has 2 rings (SSSR count). The molecule has 2 heterocycles. The molecule has 86 valence electrons. The molecule has 0 bridgehead atoms. The van der Waals surface area contributed by atoms with Crippen LogP contribution in [0, 0.1) is 13.8 Å². The average Bonchev–Trinajstić information content (AvgIpc) is 2.73. The van der Waals surface area contributed by atoms with Crippen LogP contribution in [0.2, 0.25) is 0 Å². The van der Waals surface area contributed by atoms with Crippen LogP contribution in [-0.2, 0) is 7.05 Å². The Morgan fingerprint density at radius 2 is 2.19 bits per heavy atom. The van der Waals surface area contributed by atoms with Crippen LogP contribution >= 0.6 is 27.3 Å². The number of halogens is 1. The summed E-state index contributed by atoms with van der Waals surface area (Å²) in [6.07, 6.45) is 0. The molecule has 0 saturated carbocycles. The van der Waals surface area contributed by atoms with E-state index in [-0.39, 0.29) is 6.04 Å². The molecule has 0 amide bonds. The minimum absolute atomic E-state index is 0.0944. The number of aromatic nitrogens is 2. The van der Waals surface area contributed by atoms with Gasteiger partial charge in [0, 0.05) is 27.7 Å². The quantitative estimate of drug-likeness (QED) is 0.926. The lowest BCUT2D eigenvalue weighted by Gasteiger charge is -2.11. The third-order valence-corrected chi connectivity index (χ3v) is 4.76. The third kappa shape index (κ3) is 1.83. The average molecular weight is 300 g/mol. The second-order valence-corrected chi connectivity index (χ2v) is 5.62. The monoisotopic (exact) mass is 299 g/mol. The first-order chi connectivity index (χ1) is 7.52. The molecule has 2 aromatic rings. The maximum absolute atomic E-state index is 6.30. The van der Waals surface area contributed by atoms with Crippen molar-refractivity contribution in [2.24, 2.45) is 12.8 Å². The summed E-state index contributed by atoms with van der Waals surface area (Å²) >= 11 is 5.19. The number of hydrogen-bond donors (Lipinski definition) is 1. The highest BCUT2D eigenvalue weighted by molar-refractivity contribution is 9.10. The van der Waals surface area contributed by atoms with Crippen LogP contribution in [0.1, 0.15) is 27.9 Å². The molecule has 1 unspecified atom stereocenters. The lowest BCUT2D eigenvalue weighted by molar-refractivity contribution is 0.728. The Labute approximate surface area is 107 Å². The normalized spacial score (nSPS) is 13.1. The molecule has 0 aliphatic carbocycles. The molecule has 3 nitrogen and oxygen atoms in total. The first kappa shape index (κ1) is 11.8. The second-order valence-electron chi connectivity index (χ2n) is 3.82. The molecule has 0 saturated heterocycles. The molecule has 5 heteroatoms. The topological polar surface area (TPSA) is 43.8 Å². The number of nitrogens with two attached hydrogens (primary N) is 1. The minimum Gasteiger partial charge on any atom is -0.319 e.